The summed E-state index contributed by atoms with van der Waals surface area (Å²) in [5.74, 6) is 0.330. The van der Waals surface area contributed by atoms with Crippen LogP contribution in [0.25, 0.3) is 0 Å². The van der Waals surface area contributed by atoms with Gasteiger partial charge in [-0.1, -0.05) is 13.8 Å². The molecule has 0 amide bonds. The second-order valence-corrected chi connectivity index (χ2v) is 8.49. The molecule has 0 bridgehead atoms. The number of Topliss-reactive ketones (excluding diaryl/α,β-unsaturated/α-hetero) is 1. The first-order chi connectivity index (χ1) is 9.27. The molecule has 7 heteroatoms. The van der Waals surface area contributed by atoms with Gasteiger partial charge in [0.1, 0.15) is 9.90 Å². The van der Waals surface area contributed by atoms with Crippen molar-refractivity contribution in [3.63, 3.8) is 0 Å². The largest absolute Gasteiger partial charge is 0.396 e. The van der Waals surface area contributed by atoms with Crippen molar-refractivity contribution in [1.82, 2.24) is 0 Å². The maximum absolute atomic E-state index is 12.3. The molecule has 5 nitrogen and oxygen atoms in total. The van der Waals surface area contributed by atoms with Crippen molar-refractivity contribution in [2.45, 2.75) is 32.1 Å². The summed E-state index contributed by atoms with van der Waals surface area (Å²) in [6.07, 6.45) is 1.03. The van der Waals surface area contributed by atoms with Crippen LogP contribution in [0.4, 0.5) is 10.7 Å². The number of ketones is 1. The molecule has 1 saturated heterocycles. The van der Waals surface area contributed by atoms with Gasteiger partial charge in [0.15, 0.2) is 15.6 Å². The highest BCUT2D eigenvalue weighted by molar-refractivity contribution is 7.92. The minimum Gasteiger partial charge on any atom is -0.396 e. The SMILES string of the molecule is CCS(=O)(=O)c1c(N2CCC(C)C2)sc(C(C)=O)c1N. The fourth-order valence-corrected chi connectivity index (χ4v) is 5.19. The van der Waals surface area contributed by atoms with Gasteiger partial charge in [0.25, 0.3) is 0 Å². The Hall–Kier alpha value is -1.08. The molecule has 1 fully saturated rings. The smallest absolute Gasteiger partial charge is 0.183 e. The second-order valence-electron chi connectivity index (χ2n) is 5.28. The van der Waals surface area contributed by atoms with Gasteiger partial charge in [0.2, 0.25) is 0 Å². The lowest BCUT2D eigenvalue weighted by Gasteiger charge is -2.18. The second kappa shape index (κ2) is 5.37. The summed E-state index contributed by atoms with van der Waals surface area (Å²) in [5, 5.41) is 0.638. The predicted octanol–water partition coefficient (Wildman–Crippen LogP) is 2.17. The monoisotopic (exact) mass is 316 g/mol. The molecule has 1 aromatic rings. The van der Waals surface area contributed by atoms with Crippen LogP contribution < -0.4 is 10.6 Å². The van der Waals surface area contributed by atoms with Crippen LogP contribution in [-0.2, 0) is 9.84 Å². The van der Waals surface area contributed by atoms with E-state index in [1.165, 1.54) is 18.3 Å². The molecular weight excluding hydrogens is 296 g/mol. The lowest BCUT2D eigenvalue weighted by molar-refractivity contribution is 0.102. The van der Waals surface area contributed by atoms with Gasteiger partial charge in [-0.25, -0.2) is 8.42 Å². The molecule has 0 aliphatic carbocycles. The minimum atomic E-state index is -3.44. The average Bonchev–Trinajstić information content (AvgIpc) is 2.93. The van der Waals surface area contributed by atoms with E-state index in [1.54, 1.807) is 6.92 Å². The van der Waals surface area contributed by atoms with Gasteiger partial charge in [0.05, 0.1) is 16.3 Å². The number of hydrogen-bond donors (Lipinski definition) is 1. The molecule has 20 heavy (non-hydrogen) atoms. The molecule has 2 rings (SSSR count). The Morgan fingerprint density at radius 1 is 1.50 bits per heavy atom. The van der Waals surface area contributed by atoms with E-state index in [1.807, 2.05) is 4.90 Å². The van der Waals surface area contributed by atoms with E-state index >= 15 is 0 Å². The number of nitrogens with zero attached hydrogens (tertiary/aromatic N) is 1. The zero-order valence-electron chi connectivity index (χ0n) is 12.0. The van der Waals surface area contributed by atoms with E-state index < -0.39 is 9.84 Å². The fraction of sp³-hybridized carbons (Fsp3) is 0.615. The lowest BCUT2D eigenvalue weighted by Crippen LogP contribution is -2.20. The van der Waals surface area contributed by atoms with Crippen LogP contribution in [0.2, 0.25) is 0 Å². The van der Waals surface area contributed by atoms with Crippen LogP contribution in [0, 0.1) is 5.92 Å². The van der Waals surface area contributed by atoms with Crippen LogP contribution in [-0.4, -0.2) is 33.0 Å². The number of nitrogen functional groups attached to an aromatic ring is 1. The van der Waals surface area contributed by atoms with Gasteiger partial charge in [-0.3, -0.25) is 4.79 Å². The normalized spacial score (nSPS) is 19.6. The third kappa shape index (κ3) is 2.56. The van der Waals surface area contributed by atoms with Gasteiger partial charge in [0, 0.05) is 20.0 Å². The summed E-state index contributed by atoms with van der Waals surface area (Å²) in [5.41, 5.74) is 6.08. The lowest BCUT2D eigenvalue weighted by atomic mass is 10.2. The van der Waals surface area contributed by atoms with E-state index in [-0.39, 0.29) is 22.1 Å². The Morgan fingerprint density at radius 2 is 2.15 bits per heavy atom. The zero-order valence-corrected chi connectivity index (χ0v) is 13.6. The number of carbonyl (C=O) groups is 1. The van der Waals surface area contributed by atoms with Crippen LogP contribution >= 0.6 is 11.3 Å². The third-order valence-electron chi connectivity index (χ3n) is 3.60. The molecule has 0 radical (unpaired) electrons. The molecule has 1 aliphatic rings. The molecular formula is C13H20N2O3S2. The number of sulfone groups is 1. The standard InChI is InChI=1S/C13H20N2O3S2/c1-4-20(17,18)12-10(14)11(9(3)16)19-13(12)15-6-5-8(2)7-15/h8H,4-7,14H2,1-3H3. The van der Waals surface area contributed by atoms with Crippen LogP contribution in [0.15, 0.2) is 4.90 Å². The molecule has 1 unspecified atom stereocenters. The molecule has 1 atom stereocenters. The van der Waals surface area contributed by atoms with Gasteiger partial charge >= 0.3 is 0 Å². The maximum Gasteiger partial charge on any atom is 0.183 e. The summed E-state index contributed by atoms with van der Waals surface area (Å²) in [6, 6.07) is 0. The van der Waals surface area contributed by atoms with Crippen LogP contribution in [0.5, 0.6) is 0 Å². The third-order valence-corrected chi connectivity index (χ3v) is 6.90. The number of thiophene rings is 1. The van der Waals surface area contributed by atoms with Gasteiger partial charge < -0.3 is 10.6 Å². The van der Waals surface area contributed by atoms with Crippen molar-refractivity contribution < 1.29 is 13.2 Å². The van der Waals surface area contributed by atoms with Gasteiger partial charge in [-0.15, -0.1) is 11.3 Å². The maximum atomic E-state index is 12.3. The Morgan fingerprint density at radius 3 is 2.60 bits per heavy atom. The van der Waals surface area contributed by atoms with E-state index in [0.717, 1.165) is 19.5 Å². The van der Waals surface area contributed by atoms with Gasteiger partial charge in [-0.05, 0) is 12.3 Å². The summed E-state index contributed by atoms with van der Waals surface area (Å²) in [6.45, 7) is 6.77. The highest BCUT2D eigenvalue weighted by Crippen LogP contribution is 2.43. The zero-order chi connectivity index (χ0) is 15.1. The van der Waals surface area contributed by atoms with E-state index in [0.29, 0.717) is 15.8 Å². The fourth-order valence-electron chi connectivity index (χ4n) is 2.45. The van der Waals surface area contributed by atoms with Crippen molar-refractivity contribution >= 4 is 37.6 Å². The Balaban J connectivity index is 2.61. The van der Waals surface area contributed by atoms with E-state index in [4.69, 9.17) is 5.73 Å². The van der Waals surface area contributed by atoms with Crippen molar-refractivity contribution in [1.29, 1.82) is 0 Å². The van der Waals surface area contributed by atoms with Crippen molar-refractivity contribution in [2.75, 3.05) is 29.5 Å². The van der Waals surface area contributed by atoms with Crippen molar-refractivity contribution in [3.8, 4) is 0 Å². The molecule has 112 valence electrons. The average molecular weight is 316 g/mol. The van der Waals surface area contributed by atoms with E-state index in [2.05, 4.69) is 6.92 Å². The first-order valence-electron chi connectivity index (χ1n) is 6.68. The number of hydrogen-bond acceptors (Lipinski definition) is 6. The predicted molar refractivity (Wildman–Crippen MR) is 82.5 cm³/mol. The molecule has 2 N–H and O–H groups in total. The van der Waals surface area contributed by atoms with Crippen LogP contribution in [0.3, 0.4) is 0 Å². The summed E-state index contributed by atoms with van der Waals surface area (Å²) in [7, 11) is -3.44. The molecule has 0 saturated carbocycles. The first-order valence-corrected chi connectivity index (χ1v) is 9.15. The number of carbonyl (C=O) groups excluding carboxylic acids is 1. The van der Waals surface area contributed by atoms with Crippen molar-refractivity contribution in [3.05, 3.63) is 4.88 Å². The molecule has 0 spiro atoms. The molecule has 2 heterocycles. The first kappa shape index (κ1) is 15.3. The Labute approximate surface area is 123 Å². The van der Waals surface area contributed by atoms with Crippen LogP contribution in [0.1, 0.15) is 36.9 Å². The number of nitrogens with two attached hydrogens (primary N) is 1. The quantitative estimate of drug-likeness (QED) is 0.861. The summed E-state index contributed by atoms with van der Waals surface area (Å²) in [4.78, 5) is 14.2. The molecule has 1 aromatic heterocycles. The molecule has 1 aliphatic heterocycles. The summed E-state index contributed by atoms with van der Waals surface area (Å²) >= 11 is 1.21. The van der Waals surface area contributed by atoms with E-state index in [9.17, 15) is 13.2 Å². The summed E-state index contributed by atoms with van der Waals surface area (Å²) < 4.78 is 24.6. The van der Waals surface area contributed by atoms with Crippen molar-refractivity contribution in [2.24, 2.45) is 5.92 Å². The number of anilines is 2. The topological polar surface area (TPSA) is 80.5 Å². The number of rotatable bonds is 4. The minimum absolute atomic E-state index is 0.0122. The van der Waals surface area contributed by atoms with Gasteiger partial charge in [-0.2, -0.15) is 0 Å². The highest BCUT2D eigenvalue weighted by atomic mass is 32.2. The highest BCUT2D eigenvalue weighted by Gasteiger charge is 2.32. The Bertz CT molecular complexity index is 634. The Kier molecular flexibility index (Phi) is 4.11. The molecule has 0 aromatic carbocycles.